The first-order chi connectivity index (χ1) is 51.9. The molecule has 0 saturated carbocycles. The monoisotopic (exact) mass is 1620 g/mol. The first kappa shape index (κ1) is 93.5. The zero-order valence-electron chi connectivity index (χ0n) is 58.6. The molecule has 3 amide bonds. The SMILES string of the molecule is CC(=O)N[C@@H]1[C@@H](O)[C@H](O[C@@H]2O[C@H](CO)[C@@H](O[C@@H]3O[C@H](CO)[C@@H](O)[C@H](O[C@H]4O[C@H](CO)[C@@H](O)[C@H](O)[C@@H]4O)[C@@H]3O)[C@H](O)[C@H]2NC(C)=O)[C@@H](CO)O[C@H]1O.CC(=O)N[C@H]1[C@H](O[C@@H]([C@H](O)[C@@H](O)C=O)[C@H](O)CO[C@H]2O[C@H](CO[C@H]3O[C@H](CO)[C@@H](O)[C@H](O)[C@@H]3O)[C@@H](O)[C@H](O[C@H]3O[C@H](CO)[C@@H](O)[C@H](O)[C@@H]3O)[C@@H]2O)O[C@H](CO)[C@@H](O)[C@@H]1O. The Labute approximate surface area is 621 Å². The van der Waals surface area contributed by atoms with Crippen LogP contribution < -0.4 is 16.0 Å². The third-order valence-corrected chi connectivity index (χ3v) is 19.2. The Morgan fingerprint density at radius 2 is 0.655 bits per heavy atom. The van der Waals surface area contributed by atoms with Crippen LogP contribution in [0.1, 0.15) is 20.8 Å². The second kappa shape index (κ2) is 42.0. The van der Waals surface area contributed by atoms with Gasteiger partial charge in [-0.15, -0.1) is 0 Å². The lowest BCUT2D eigenvalue weighted by Crippen LogP contribution is -2.70. The summed E-state index contributed by atoms with van der Waals surface area (Å²) < 4.78 is 83.1. The molecule has 8 aliphatic heterocycles. The Morgan fingerprint density at radius 3 is 1.10 bits per heavy atom. The predicted molar refractivity (Wildman–Crippen MR) is 336 cm³/mol. The van der Waals surface area contributed by atoms with E-state index in [0.29, 0.717) is 0 Å². The Kier molecular flexibility index (Phi) is 35.7. The van der Waals surface area contributed by atoms with E-state index in [1.54, 1.807) is 0 Å². The molecule has 0 aromatic rings. The van der Waals surface area contributed by atoms with E-state index in [2.05, 4.69) is 16.0 Å². The maximum atomic E-state index is 12.2. The van der Waals surface area contributed by atoms with Gasteiger partial charge in [-0.3, -0.25) is 14.4 Å². The minimum atomic E-state index is -2.33. The Balaban J connectivity index is 0.000000309. The second-order valence-electron chi connectivity index (χ2n) is 27.0. The number of hydrogen-bond donors (Lipinski definition) is 31. The Bertz CT molecular complexity index is 2800. The molecule has 110 heavy (non-hydrogen) atoms. The molecular weight excluding hydrogens is 1510 g/mol. The first-order valence-corrected chi connectivity index (χ1v) is 34.5. The number of aliphatic hydroxyl groups is 28. The number of amides is 3. The van der Waals surface area contributed by atoms with Crippen LogP contribution in [0.2, 0.25) is 0 Å². The summed E-state index contributed by atoms with van der Waals surface area (Å²) in [4.78, 5) is 47.3. The molecule has 8 heterocycles. The molecule has 8 saturated heterocycles. The van der Waals surface area contributed by atoms with Gasteiger partial charge in [0, 0.05) is 20.8 Å². The first-order valence-electron chi connectivity index (χ1n) is 34.5. The molecule has 0 aliphatic carbocycles. The molecular formula is C60H103N3O47. The predicted octanol–water partition coefficient (Wildman–Crippen LogP) is -21.4. The van der Waals surface area contributed by atoms with Gasteiger partial charge in [0.15, 0.2) is 56.6 Å². The van der Waals surface area contributed by atoms with Crippen molar-refractivity contribution < 1.29 is 233 Å². The number of aldehydes is 1. The van der Waals surface area contributed by atoms with Gasteiger partial charge in [0.25, 0.3) is 0 Å². The van der Waals surface area contributed by atoms with Gasteiger partial charge < -0.3 is 235 Å². The average Bonchev–Trinajstić information content (AvgIpc) is 0.764. The van der Waals surface area contributed by atoms with E-state index in [-0.39, 0.29) is 6.29 Å². The number of carbonyl (C=O) groups excluding carboxylic acids is 4. The second-order valence-corrected chi connectivity index (χ2v) is 27.0. The molecule has 0 radical (unpaired) electrons. The zero-order valence-corrected chi connectivity index (χ0v) is 58.6. The fourth-order valence-corrected chi connectivity index (χ4v) is 13.1. The molecule has 50 heteroatoms. The molecule has 31 N–H and O–H groups in total. The van der Waals surface area contributed by atoms with Crippen molar-refractivity contribution >= 4 is 24.0 Å². The van der Waals surface area contributed by atoms with Gasteiger partial charge in [-0.25, -0.2) is 0 Å². The van der Waals surface area contributed by atoms with E-state index in [1.807, 2.05) is 0 Å². The number of rotatable bonds is 30. The highest BCUT2D eigenvalue weighted by Crippen LogP contribution is 2.37. The molecule has 0 bridgehead atoms. The Hall–Kier alpha value is -3.64. The van der Waals surface area contributed by atoms with E-state index in [1.165, 1.54) is 0 Å². The molecule has 0 unspecified atom stereocenters. The van der Waals surface area contributed by atoms with Crippen LogP contribution in [0.15, 0.2) is 0 Å². The molecule has 8 rings (SSSR count). The topological polar surface area (TPSA) is 809 Å². The third kappa shape index (κ3) is 21.8. The van der Waals surface area contributed by atoms with Crippen LogP contribution in [0.4, 0.5) is 0 Å². The number of ether oxygens (including phenoxy) is 15. The van der Waals surface area contributed by atoms with Gasteiger partial charge in [0.05, 0.1) is 59.5 Å². The number of aliphatic hydroxyl groups excluding tert-OH is 28. The summed E-state index contributed by atoms with van der Waals surface area (Å²) >= 11 is 0. The van der Waals surface area contributed by atoms with Gasteiger partial charge in [0.2, 0.25) is 17.7 Å². The highest BCUT2D eigenvalue weighted by molar-refractivity contribution is 5.74. The van der Waals surface area contributed by atoms with Gasteiger partial charge in [0.1, 0.15) is 220 Å². The van der Waals surface area contributed by atoms with Crippen LogP contribution in [-0.4, -0.2) is 496 Å². The lowest BCUT2D eigenvalue weighted by Gasteiger charge is -2.50. The van der Waals surface area contributed by atoms with Crippen molar-refractivity contribution in [3.63, 3.8) is 0 Å². The summed E-state index contributed by atoms with van der Waals surface area (Å²) in [6.45, 7) is -4.83. The van der Waals surface area contributed by atoms with Crippen molar-refractivity contribution in [3.05, 3.63) is 0 Å². The summed E-state index contributed by atoms with van der Waals surface area (Å²) in [5, 5.41) is 298. The smallest absolute Gasteiger partial charge is 0.217 e. The van der Waals surface area contributed by atoms with Crippen molar-refractivity contribution in [1.82, 2.24) is 16.0 Å². The number of nitrogens with one attached hydrogen (secondary N) is 3. The van der Waals surface area contributed by atoms with Gasteiger partial charge in [-0.2, -0.15) is 0 Å². The Morgan fingerprint density at radius 1 is 0.336 bits per heavy atom. The van der Waals surface area contributed by atoms with Crippen molar-refractivity contribution in [2.75, 3.05) is 59.5 Å². The number of hydrogen-bond acceptors (Lipinski definition) is 47. The van der Waals surface area contributed by atoms with Gasteiger partial charge >= 0.3 is 0 Å². The average molecular weight is 1620 g/mol. The van der Waals surface area contributed by atoms with Crippen molar-refractivity contribution in [1.29, 1.82) is 0 Å². The lowest BCUT2D eigenvalue weighted by molar-refractivity contribution is -0.379. The lowest BCUT2D eigenvalue weighted by atomic mass is 9.94. The highest BCUT2D eigenvalue weighted by atomic mass is 16.8. The largest absolute Gasteiger partial charge is 0.394 e. The van der Waals surface area contributed by atoms with Crippen LogP contribution in [-0.2, 0) is 90.2 Å². The van der Waals surface area contributed by atoms with E-state index >= 15 is 0 Å². The summed E-state index contributed by atoms with van der Waals surface area (Å²) in [5.41, 5.74) is 0. The van der Waals surface area contributed by atoms with Crippen molar-refractivity contribution in [2.45, 2.75) is 291 Å². The fourth-order valence-electron chi connectivity index (χ4n) is 13.1. The molecule has 44 atom stereocenters. The standard InChI is InChI=1S/C32H55NO26.C28H48N2O21/c1-8(38)33-15-21(46)17(42)11(3-35)54-29(15)58-27(16(41)9(39)2-34)10(40)6-52-31-26(51)28(59-32-25(50)23(48)19(44)13(5-37)56-32)20(45)14(57-31)7-53-30-24(49)22(47)18(43)12(4-36)55-30;1-7(35)29-13-17(39)22(11(5-33)45-25(13)44)49-26-14(30-8(2)36)18(40)23(12(6-34)48-26)50-28-21(43)24(16(38)10(4-32)47-28)51-27-20(42)19(41)15(37)9(3-31)46-27/h2,9-32,35-37,39-51H,3-7H2,1H3,(H,33,38);9-28,31-34,37-44H,3-6H2,1-2H3,(H,29,35)(H,30,36)/t9-,10+,11+,12+,13+,14+,15+,16+,17+,18+,19+,20+,21+,22-,23-,24-,25-,26-,27+,28-,29-,30-,31-,32+;9-,10-,11-,12-,13-,14-,15-,16-,17-,18-,19+,20+,21+,22-,23-,24+,25-,26+,27-,28+/m01/s1. The molecule has 8 aliphatic rings. The fraction of sp³-hybridized carbons (Fsp3) is 0.933. The van der Waals surface area contributed by atoms with Crippen LogP contribution in [0.3, 0.4) is 0 Å². The van der Waals surface area contributed by atoms with E-state index < -0.39 is 347 Å². The minimum Gasteiger partial charge on any atom is -0.394 e. The van der Waals surface area contributed by atoms with Crippen LogP contribution >= 0.6 is 0 Å². The van der Waals surface area contributed by atoms with E-state index in [4.69, 9.17) is 71.1 Å². The van der Waals surface area contributed by atoms with Crippen molar-refractivity contribution in [2.24, 2.45) is 0 Å². The van der Waals surface area contributed by atoms with Gasteiger partial charge in [-0.1, -0.05) is 0 Å². The van der Waals surface area contributed by atoms with Crippen molar-refractivity contribution in [3.8, 4) is 0 Å². The molecule has 0 aromatic carbocycles. The summed E-state index contributed by atoms with van der Waals surface area (Å²) in [5.74, 6) is -2.19. The van der Waals surface area contributed by atoms with Crippen LogP contribution in [0, 0.1) is 0 Å². The quantitative estimate of drug-likeness (QED) is 0.0297. The summed E-state index contributed by atoms with van der Waals surface area (Å²) in [6, 6.07) is -4.68. The van der Waals surface area contributed by atoms with E-state index in [0.717, 1.165) is 20.8 Å². The van der Waals surface area contributed by atoms with Gasteiger partial charge in [-0.05, 0) is 0 Å². The molecule has 50 nitrogen and oxygen atoms in total. The maximum Gasteiger partial charge on any atom is 0.217 e. The molecule has 0 aromatic heterocycles. The molecule has 640 valence electrons. The third-order valence-electron chi connectivity index (χ3n) is 19.2. The summed E-state index contributed by atoms with van der Waals surface area (Å²) in [6.07, 6.45) is -75.7. The normalized spacial score (nSPS) is 46.4. The molecule has 8 fully saturated rings. The number of carbonyl (C=O) groups is 4. The van der Waals surface area contributed by atoms with Crippen LogP contribution in [0.5, 0.6) is 0 Å². The highest BCUT2D eigenvalue weighted by Gasteiger charge is 2.58. The maximum absolute atomic E-state index is 12.2. The minimum absolute atomic E-state index is 0.146. The van der Waals surface area contributed by atoms with Crippen LogP contribution in [0.25, 0.3) is 0 Å². The zero-order chi connectivity index (χ0) is 81.9. The van der Waals surface area contributed by atoms with E-state index in [9.17, 15) is 162 Å². The molecule has 0 spiro atoms. The summed E-state index contributed by atoms with van der Waals surface area (Å²) in [7, 11) is 0.